The van der Waals surface area contributed by atoms with Crippen molar-refractivity contribution >= 4 is 5.97 Å². The first-order valence-electron chi connectivity index (χ1n) is 17.7. The summed E-state index contributed by atoms with van der Waals surface area (Å²) < 4.78 is 18.6. The molecular weight excluding hydrogens is 624 g/mol. The third kappa shape index (κ3) is 10.8. The van der Waals surface area contributed by atoms with Crippen LogP contribution in [0.3, 0.4) is 0 Å². The Morgan fingerprint density at radius 2 is 1.65 bits per heavy atom. The van der Waals surface area contributed by atoms with Crippen molar-refractivity contribution in [2.45, 2.75) is 140 Å². The summed E-state index contributed by atoms with van der Waals surface area (Å²) in [4.78, 5) is 15.8. The molecule has 0 aromatic rings. The normalized spacial score (nSPS) is 44.2. The monoisotopic (exact) mass is 692 g/mol. The molecule has 0 aliphatic carbocycles. The fourth-order valence-electron chi connectivity index (χ4n) is 7.39. The Hall–Kier alpha value is -1.01. The van der Waals surface area contributed by atoms with E-state index in [0.717, 1.165) is 0 Å². The molecule has 9 N–H and O–H groups in total. The van der Waals surface area contributed by atoms with Gasteiger partial charge in [0.1, 0.15) is 23.9 Å². The Balaban J connectivity index is 2.65. The van der Waals surface area contributed by atoms with E-state index in [-0.39, 0.29) is 44.1 Å². The highest BCUT2D eigenvalue weighted by Gasteiger charge is 2.54. The van der Waals surface area contributed by atoms with Crippen LogP contribution in [0.1, 0.15) is 74.7 Å². The summed E-state index contributed by atoms with van der Waals surface area (Å²) >= 11 is 0. The molecule has 2 aliphatic heterocycles. The van der Waals surface area contributed by atoms with Gasteiger partial charge in [-0.3, -0.25) is 4.79 Å². The standard InChI is InChI=1S/C34H68N4O10/c1-11-26-33(8,44)28(41)24(6)37-18-20(2)17-32(7,43)29(48-31-27(40)25(38(9)10)16-21(3)46-31)22(4)34(45,23(5)30(42)47-26)19-36-13-12-35-14-15-39/h20-29,31,35-37,39-41,43-45H,11-19H2,1-10H3/t20-,21-,22-,23?,24-,25+,26-,27-,28-,29-,31+,32+,33-,34-/m1/s1. The molecule has 2 rings (SSSR count). The molecular formula is C34H68N4O10. The lowest BCUT2D eigenvalue weighted by Gasteiger charge is -2.49. The van der Waals surface area contributed by atoms with E-state index in [1.54, 1.807) is 27.7 Å². The van der Waals surface area contributed by atoms with Gasteiger partial charge in [-0.1, -0.05) is 20.8 Å². The van der Waals surface area contributed by atoms with E-state index < -0.39 is 71.4 Å². The Kier molecular flexibility index (Phi) is 16.6. The molecule has 0 amide bonds. The van der Waals surface area contributed by atoms with Gasteiger partial charge in [-0.15, -0.1) is 0 Å². The number of ether oxygens (including phenoxy) is 3. The smallest absolute Gasteiger partial charge is 0.312 e. The number of nitrogens with zero attached hydrogens (tertiary/aromatic N) is 1. The van der Waals surface area contributed by atoms with Gasteiger partial charge in [-0.2, -0.15) is 0 Å². The van der Waals surface area contributed by atoms with E-state index in [2.05, 4.69) is 16.0 Å². The zero-order valence-corrected chi connectivity index (χ0v) is 31.0. The number of carbonyl (C=O) groups excluding carboxylic acids is 1. The van der Waals surface area contributed by atoms with Crippen LogP contribution < -0.4 is 16.0 Å². The number of hydrogen-bond donors (Lipinski definition) is 9. The maximum atomic E-state index is 13.9. The minimum atomic E-state index is -1.88. The number of likely N-dealkylation sites (N-methyl/N-ethyl adjacent to an activating group) is 1. The Labute approximate surface area is 287 Å². The van der Waals surface area contributed by atoms with Gasteiger partial charge in [0, 0.05) is 44.2 Å². The van der Waals surface area contributed by atoms with Crippen LogP contribution in [-0.2, 0) is 19.0 Å². The first kappa shape index (κ1) is 43.2. The first-order valence-corrected chi connectivity index (χ1v) is 17.7. The SMILES string of the molecule is CC[C@H]1OC(=O)C(C)[C@@](O)(CNCCNCCO)[C@H](C)[C@@H](O[C@@H]2O[C@H](C)C[C@H](N(C)C)[C@H]2O)[C@@](C)(O)C[C@@H](C)CN[C@H](C)[C@@H](O)[C@]1(C)O. The van der Waals surface area contributed by atoms with Crippen molar-refractivity contribution < 1.29 is 49.6 Å². The summed E-state index contributed by atoms with van der Waals surface area (Å²) in [6, 6.07) is -0.874. The maximum Gasteiger partial charge on any atom is 0.312 e. The summed E-state index contributed by atoms with van der Waals surface area (Å²) in [6.45, 7) is 15.1. The quantitative estimate of drug-likeness (QED) is 0.0959. The average Bonchev–Trinajstić information content (AvgIpc) is 3.01. The average molecular weight is 693 g/mol. The molecule has 0 aromatic carbocycles. The molecule has 2 fully saturated rings. The number of rotatable bonds is 11. The van der Waals surface area contributed by atoms with Gasteiger partial charge in [0.2, 0.25) is 0 Å². The molecule has 0 saturated carbocycles. The van der Waals surface area contributed by atoms with E-state index in [4.69, 9.17) is 19.3 Å². The number of esters is 1. The third-order valence-corrected chi connectivity index (χ3v) is 10.6. The highest BCUT2D eigenvalue weighted by Crippen LogP contribution is 2.40. The van der Waals surface area contributed by atoms with Crippen LogP contribution in [0, 0.1) is 17.8 Å². The van der Waals surface area contributed by atoms with Gasteiger partial charge >= 0.3 is 5.97 Å². The summed E-state index contributed by atoms with van der Waals surface area (Å²) in [7, 11) is 3.74. The molecule has 2 aliphatic rings. The Bertz CT molecular complexity index is 974. The number of cyclic esters (lactones) is 1. The lowest BCUT2D eigenvalue weighted by Crippen LogP contribution is -2.64. The maximum absolute atomic E-state index is 13.9. The van der Waals surface area contributed by atoms with Gasteiger partial charge in [-0.05, 0) is 80.4 Å². The van der Waals surface area contributed by atoms with Crippen LogP contribution in [0.4, 0.5) is 0 Å². The molecule has 48 heavy (non-hydrogen) atoms. The zero-order chi connectivity index (χ0) is 36.6. The predicted octanol–water partition coefficient (Wildman–Crippen LogP) is -0.825. The molecule has 14 atom stereocenters. The van der Waals surface area contributed by atoms with E-state index in [1.807, 2.05) is 32.8 Å². The fraction of sp³-hybridized carbons (Fsp3) is 0.971. The second-order valence-corrected chi connectivity index (χ2v) is 15.1. The zero-order valence-electron chi connectivity index (χ0n) is 31.0. The molecule has 2 saturated heterocycles. The number of aliphatic hydroxyl groups is 6. The van der Waals surface area contributed by atoms with Crippen molar-refractivity contribution in [3.63, 3.8) is 0 Å². The third-order valence-electron chi connectivity index (χ3n) is 10.6. The summed E-state index contributed by atoms with van der Waals surface area (Å²) in [5, 5.41) is 77.6. The summed E-state index contributed by atoms with van der Waals surface area (Å²) in [6.07, 6.45) is -5.02. The van der Waals surface area contributed by atoms with Crippen LogP contribution >= 0.6 is 0 Å². The van der Waals surface area contributed by atoms with Gasteiger partial charge in [0.05, 0.1) is 35.9 Å². The van der Waals surface area contributed by atoms with Crippen molar-refractivity contribution in [1.82, 2.24) is 20.9 Å². The van der Waals surface area contributed by atoms with Gasteiger partial charge in [-0.25, -0.2) is 0 Å². The lowest BCUT2D eigenvalue weighted by atomic mass is 9.70. The first-order chi connectivity index (χ1) is 22.2. The topological polar surface area (TPSA) is 205 Å². The van der Waals surface area contributed by atoms with Gasteiger partial charge in [0.25, 0.3) is 0 Å². The highest BCUT2D eigenvalue weighted by molar-refractivity contribution is 5.74. The number of nitrogens with one attached hydrogen (secondary N) is 3. The number of aliphatic hydroxyl groups excluding tert-OH is 3. The van der Waals surface area contributed by atoms with Gasteiger partial charge < -0.3 is 65.7 Å². The van der Waals surface area contributed by atoms with Gasteiger partial charge in [0.15, 0.2) is 6.29 Å². The molecule has 1 unspecified atom stereocenters. The Morgan fingerprint density at radius 1 is 1.02 bits per heavy atom. The van der Waals surface area contributed by atoms with Crippen molar-refractivity contribution in [3.05, 3.63) is 0 Å². The molecule has 14 heteroatoms. The minimum Gasteiger partial charge on any atom is -0.459 e. The van der Waals surface area contributed by atoms with Crippen LogP contribution in [0.2, 0.25) is 0 Å². The molecule has 14 nitrogen and oxygen atoms in total. The molecule has 284 valence electrons. The largest absolute Gasteiger partial charge is 0.459 e. The van der Waals surface area contributed by atoms with Crippen LogP contribution in [0.5, 0.6) is 0 Å². The Morgan fingerprint density at radius 3 is 2.23 bits per heavy atom. The van der Waals surface area contributed by atoms with Crippen LogP contribution in [0.25, 0.3) is 0 Å². The lowest BCUT2D eigenvalue weighted by molar-refractivity contribution is -0.304. The minimum absolute atomic E-state index is 0.0237. The molecule has 0 spiro atoms. The molecule has 0 bridgehead atoms. The molecule has 0 aromatic heterocycles. The van der Waals surface area contributed by atoms with E-state index in [0.29, 0.717) is 32.6 Å². The summed E-state index contributed by atoms with van der Waals surface area (Å²) in [5.74, 6) is -3.09. The molecule has 2 heterocycles. The van der Waals surface area contributed by atoms with E-state index >= 15 is 0 Å². The molecule has 0 radical (unpaired) electrons. The van der Waals surface area contributed by atoms with Crippen LogP contribution in [0.15, 0.2) is 0 Å². The van der Waals surface area contributed by atoms with E-state index in [1.165, 1.54) is 13.8 Å². The number of carbonyl (C=O) groups is 1. The highest BCUT2D eigenvalue weighted by atomic mass is 16.7. The second kappa shape index (κ2) is 18.5. The fourth-order valence-corrected chi connectivity index (χ4v) is 7.39. The van der Waals surface area contributed by atoms with Crippen molar-refractivity contribution in [2.75, 3.05) is 53.4 Å². The second-order valence-electron chi connectivity index (χ2n) is 15.1. The number of hydrogen-bond acceptors (Lipinski definition) is 14. The van der Waals surface area contributed by atoms with E-state index in [9.17, 15) is 30.3 Å². The van der Waals surface area contributed by atoms with Crippen LogP contribution in [-0.4, -0.2) is 161 Å². The summed E-state index contributed by atoms with van der Waals surface area (Å²) in [5.41, 5.74) is -5.30. The van der Waals surface area contributed by atoms with Crippen molar-refractivity contribution in [1.29, 1.82) is 0 Å². The van der Waals surface area contributed by atoms with Crippen molar-refractivity contribution in [3.8, 4) is 0 Å². The van der Waals surface area contributed by atoms with Crippen molar-refractivity contribution in [2.24, 2.45) is 17.8 Å². The predicted molar refractivity (Wildman–Crippen MR) is 182 cm³/mol.